The number of aliphatic hydroxyl groups excluding tert-OH is 1. The van der Waals surface area contributed by atoms with Crippen LogP contribution in [-0.4, -0.2) is 43.8 Å². The van der Waals surface area contributed by atoms with Crippen LogP contribution in [0, 0.1) is 0 Å². The van der Waals surface area contributed by atoms with E-state index in [1.54, 1.807) is 30.3 Å². The number of hydrogen-bond donors (Lipinski definition) is 2. The number of methoxy groups -OCH3 is 1. The number of carbonyl (C=O) groups excluding carboxylic acids is 1. The van der Waals surface area contributed by atoms with Gasteiger partial charge in [0.05, 0.1) is 19.6 Å². The number of nitrogens with one attached hydrogen (secondary N) is 1. The molecule has 1 rings (SSSR count). The summed E-state index contributed by atoms with van der Waals surface area (Å²) in [6.07, 6.45) is 0. The lowest BCUT2D eigenvalue weighted by Gasteiger charge is -2.18. The van der Waals surface area contributed by atoms with E-state index in [2.05, 4.69) is 10.1 Å². The van der Waals surface area contributed by atoms with E-state index in [0.717, 1.165) is 0 Å². The molecule has 2 N–H and O–H groups in total. The van der Waals surface area contributed by atoms with Crippen LogP contribution in [0.2, 0.25) is 0 Å². The zero-order valence-corrected chi connectivity index (χ0v) is 10.6. The van der Waals surface area contributed by atoms with Gasteiger partial charge in [-0.1, -0.05) is 30.3 Å². The van der Waals surface area contributed by atoms with Crippen LogP contribution in [0.1, 0.15) is 11.5 Å². The molecule has 0 bridgehead atoms. The summed E-state index contributed by atoms with van der Waals surface area (Å²) >= 11 is 0. The molecule has 0 aromatic heterocycles. The fourth-order valence-electron chi connectivity index (χ4n) is 1.62. The Labute approximate surface area is 110 Å². The van der Waals surface area contributed by atoms with Crippen molar-refractivity contribution in [1.29, 1.82) is 0 Å². The molecule has 0 aliphatic carbocycles. The second kappa shape index (κ2) is 7.16. The Hall–Kier alpha value is -1.53. The van der Waals surface area contributed by atoms with E-state index in [9.17, 15) is 13.6 Å². The minimum atomic E-state index is -3.20. The highest BCUT2D eigenvalue weighted by molar-refractivity contribution is 5.78. The predicted molar refractivity (Wildman–Crippen MR) is 66.1 cm³/mol. The minimum absolute atomic E-state index is 0.0201. The maximum atomic E-state index is 12.9. The Morgan fingerprint density at radius 1 is 1.42 bits per heavy atom. The summed E-state index contributed by atoms with van der Waals surface area (Å²) in [5, 5.41) is 10.9. The largest absolute Gasteiger partial charge is 0.469 e. The van der Waals surface area contributed by atoms with E-state index >= 15 is 0 Å². The van der Waals surface area contributed by atoms with Crippen molar-refractivity contribution < 1.29 is 23.4 Å². The van der Waals surface area contributed by atoms with Crippen molar-refractivity contribution in [2.45, 2.75) is 11.8 Å². The first-order valence-corrected chi connectivity index (χ1v) is 5.82. The second-order valence-corrected chi connectivity index (χ2v) is 4.13. The standard InChI is InChI=1S/C13H17F2NO3/c1-19-12(18)11(10-5-3-2-4-6-10)7-16-8-13(14,15)9-17/h2-6,11,16-17H,7-9H2,1H3. The summed E-state index contributed by atoms with van der Waals surface area (Å²) in [5.41, 5.74) is 0.689. The zero-order valence-electron chi connectivity index (χ0n) is 10.6. The zero-order chi connectivity index (χ0) is 14.3. The summed E-state index contributed by atoms with van der Waals surface area (Å²) < 4.78 is 30.4. The molecule has 1 unspecified atom stereocenters. The number of rotatable bonds is 7. The van der Waals surface area contributed by atoms with Crippen LogP contribution >= 0.6 is 0 Å². The summed E-state index contributed by atoms with van der Waals surface area (Å²) in [6.45, 7) is -1.90. The number of halogens is 2. The summed E-state index contributed by atoms with van der Waals surface area (Å²) in [6, 6.07) is 8.77. The monoisotopic (exact) mass is 273 g/mol. The Bertz CT molecular complexity index is 398. The van der Waals surface area contributed by atoms with Crippen molar-refractivity contribution in [3.8, 4) is 0 Å². The maximum Gasteiger partial charge on any atom is 0.314 e. The third-order valence-electron chi connectivity index (χ3n) is 2.65. The molecule has 0 spiro atoms. The van der Waals surface area contributed by atoms with Crippen molar-refractivity contribution in [3.63, 3.8) is 0 Å². The minimum Gasteiger partial charge on any atom is -0.469 e. The average molecular weight is 273 g/mol. The molecule has 0 saturated carbocycles. The van der Waals surface area contributed by atoms with E-state index in [-0.39, 0.29) is 6.54 Å². The Morgan fingerprint density at radius 2 is 2.05 bits per heavy atom. The van der Waals surface area contributed by atoms with Gasteiger partial charge >= 0.3 is 5.97 Å². The molecule has 4 nitrogen and oxygen atoms in total. The Morgan fingerprint density at radius 3 is 2.58 bits per heavy atom. The van der Waals surface area contributed by atoms with Gasteiger partial charge in [0.25, 0.3) is 5.92 Å². The fraction of sp³-hybridized carbons (Fsp3) is 0.462. The SMILES string of the molecule is COC(=O)C(CNCC(F)(F)CO)c1ccccc1. The molecular formula is C13H17F2NO3. The summed E-state index contributed by atoms with van der Waals surface area (Å²) in [5.74, 6) is -4.34. The molecule has 0 heterocycles. The van der Waals surface area contributed by atoms with Crippen molar-refractivity contribution in [2.24, 2.45) is 0 Å². The van der Waals surface area contributed by atoms with E-state index in [0.29, 0.717) is 5.56 Å². The maximum absolute atomic E-state index is 12.9. The number of hydrogen-bond acceptors (Lipinski definition) is 4. The van der Waals surface area contributed by atoms with Crippen LogP contribution in [-0.2, 0) is 9.53 Å². The Kier molecular flexibility index (Phi) is 5.85. The number of esters is 1. The van der Waals surface area contributed by atoms with E-state index in [1.165, 1.54) is 7.11 Å². The summed E-state index contributed by atoms with van der Waals surface area (Å²) in [7, 11) is 1.25. The molecule has 6 heteroatoms. The molecule has 19 heavy (non-hydrogen) atoms. The molecule has 0 aliphatic rings. The van der Waals surface area contributed by atoms with Crippen LogP contribution in [0.4, 0.5) is 8.78 Å². The van der Waals surface area contributed by atoms with Gasteiger partial charge in [-0.05, 0) is 5.56 Å². The first kappa shape index (κ1) is 15.5. The van der Waals surface area contributed by atoms with Gasteiger partial charge in [-0.3, -0.25) is 4.79 Å². The van der Waals surface area contributed by atoms with Gasteiger partial charge in [-0.15, -0.1) is 0 Å². The third-order valence-corrected chi connectivity index (χ3v) is 2.65. The summed E-state index contributed by atoms with van der Waals surface area (Å²) in [4.78, 5) is 11.6. The molecule has 1 atom stereocenters. The van der Waals surface area contributed by atoms with Gasteiger partial charge in [0.2, 0.25) is 0 Å². The molecule has 0 fully saturated rings. The molecule has 0 radical (unpaired) electrons. The molecule has 0 amide bonds. The van der Waals surface area contributed by atoms with Crippen LogP contribution in [0.25, 0.3) is 0 Å². The lowest BCUT2D eigenvalue weighted by Crippen LogP contribution is -2.39. The van der Waals surface area contributed by atoms with E-state index < -0.39 is 31.0 Å². The highest BCUT2D eigenvalue weighted by Gasteiger charge is 2.28. The predicted octanol–water partition coefficient (Wildman–Crippen LogP) is 1.16. The number of ether oxygens (including phenoxy) is 1. The van der Waals surface area contributed by atoms with Gasteiger partial charge in [0.1, 0.15) is 6.61 Å². The van der Waals surface area contributed by atoms with Crippen LogP contribution in [0.15, 0.2) is 30.3 Å². The molecule has 0 saturated heterocycles. The van der Waals surface area contributed by atoms with Gasteiger partial charge < -0.3 is 15.2 Å². The van der Waals surface area contributed by atoms with Gasteiger partial charge in [-0.25, -0.2) is 8.78 Å². The average Bonchev–Trinajstić information content (AvgIpc) is 2.44. The highest BCUT2D eigenvalue weighted by Crippen LogP contribution is 2.17. The first-order chi connectivity index (χ1) is 9.00. The van der Waals surface area contributed by atoms with Gasteiger partial charge in [-0.2, -0.15) is 0 Å². The normalized spacial score (nSPS) is 13.1. The molecule has 1 aromatic rings. The molecular weight excluding hydrogens is 256 g/mol. The fourth-order valence-corrected chi connectivity index (χ4v) is 1.62. The highest BCUT2D eigenvalue weighted by atomic mass is 19.3. The smallest absolute Gasteiger partial charge is 0.314 e. The molecule has 1 aromatic carbocycles. The number of carbonyl (C=O) groups is 1. The first-order valence-electron chi connectivity index (χ1n) is 5.82. The topological polar surface area (TPSA) is 58.6 Å². The third kappa shape index (κ3) is 4.92. The van der Waals surface area contributed by atoms with Gasteiger partial charge in [0.15, 0.2) is 0 Å². The van der Waals surface area contributed by atoms with E-state index in [4.69, 9.17) is 5.11 Å². The van der Waals surface area contributed by atoms with Crippen LogP contribution in [0.5, 0.6) is 0 Å². The van der Waals surface area contributed by atoms with E-state index in [1.807, 2.05) is 0 Å². The van der Waals surface area contributed by atoms with Gasteiger partial charge in [0, 0.05) is 6.54 Å². The van der Waals surface area contributed by atoms with Crippen molar-refractivity contribution >= 4 is 5.97 Å². The lowest BCUT2D eigenvalue weighted by atomic mass is 9.99. The Balaban J connectivity index is 2.65. The number of aliphatic hydroxyl groups is 1. The van der Waals surface area contributed by atoms with Crippen LogP contribution < -0.4 is 5.32 Å². The quantitative estimate of drug-likeness (QED) is 0.732. The molecule has 0 aliphatic heterocycles. The van der Waals surface area contributed by atoms with Crippen LogP contribution in [0.3, 0.4) is 0 Å². The van der Waals surface area contributed by atoms with Crippen molar-refractivity contribution in [2.75, 3.05) is 26.8 Å². The molecule has 106 valence electrons. The van der Waals surface area contributed by atoms with Crippen molar-refractivity contribution in [1.82, 2.24) is 5.32 Å². The van der Waals surface area contributed by atoms with Crippen molar-refractivity contribution in [3.05, 3.63) is 35.9 Å². The number of benzene rings is 1. The number of alkyl halides is 2. The second-order valence-electron chi connectivity index (χ2n) is 4.13. The lowest BCUT2D eigenvalue weighted by molar-refractivity contribution is -0.142.